The Kier molecular flexibility index (Phi) is 4.18. The van der Waals surface area contributed by atoms with Gasteiger partial charge in [0, 0.05) is 32.6 Å². The van der Waals surface area contributed by atoms with Gasteiger partial charge in [-0.2, -0.15) is 0 Å². The molecule has 3 aliphatic rings. The molecule has 0 radical (unpaired) electrons. The second kappa shape index (κ2) is 6.41. The zero-order valence-corrected chi connectivity index (χ0v) is 14.8. The summed E-state index contributed by atoms with van der Waals surface area (Å²) in [6, 6.07) is 1.43. The molecule has 1 aromatic rings. The maximum Gasteiger partial charge on any atom is 0.262 e. The number of piperidine rings is 1. The van der Waals surface area contributed by atoms with Crippen LogP contribution in [0.4, 0.5) is 10.1 Å². The Labute approximate surface area is 154 Å². The number of rotatable bonds is 2. The van der Waals surface area contributed by atoms with Crippen LogP contribution in [0.2, 0.25) is 0 Å². The minimum atomic E-state index is -1.05. The second-order valence-electron chi connectivity index (χ2n) is 7.09. The Morgan fingerprint density at radius 1 is 1.00 bits per heavy atom. The second-order valence-corrected chi connectivity index (χ2v) is 7.09. The van der Waals surface area contributed by atoms with Gasteiger partial charge in [0.05, 0.1) is 16.8 Å². The Balaban J connectivity index is 1.65. The van der Waals surface area contributed by atoms with Crippen LogP contribution in [-0.4, -0.2) is 72.7 Å². The number of carbonyl (C=O) groups excluding carboxylic acids is 4. The fourth-order valence-electron chi connectivity index (χ4n) is 3.77. The summed E-state index contributed by atoms with van der Waals surface area (Å²) < 4.78 is 14.7. The average molecular weight is 374 g/mol. The van der Waals surface area contributed by atoms with E-state index in [2.05, 4.69) is 10.2 Å². The van der Waals surface area contributed by atoms with Gasteiger partial charge in [-0.3, -0.25) is 29.4 Å². The molecule has 1 N–H and O–H groups in total. The molecule has 1 atom stereocenters. The van der Waals surface area contributed by atoms with Gasteiger partial charge in [0.15, 0.2) is 0 Å². The number of anilines is 1. The van der Waals surface area contributed by atoms with Crippen molar-refractivity contribution in [3.8, 4) is 0 Å². The summed E-state index contributed by atoms with van der Waals surface area (Å²) in [4.78, 5) is 53.7. The molecule has 142 valence electrons. The van der Waals surface area contributed by atoms with Crippen LogP contribution in [0.3, 0.4) is 0 Å². The summed E-state index contributed by atoms with van der Waals surface area (Å²) >= 11 is 0. The van der Waals surface area contributed by atoms with E-state index in [0.717, 1.165) is 24.1 Å². The lowest BCUT2D eigenvalue weighted by Crippen LogP contribution is -2.54. The quantitative estimate of drug-likeness (QED) is 0.732. The van der Waals surface area contributed by atoms with Crippen molar-refractivity contribution in [3.63, 3.8) is 0 Å². The molecule has 1 aromatic carbocycles. The van der Waals surface area contributed by atoms with Gasteiger partial charge in [-0.25, -0.2) is 4.39 Å². The molecular formula is C18H19FN4O4. The fourth-order valence-corrected chi connectivity index (χ4v) is 3.77. The predicted molar refractivity (Wildman–Crippen MR) is 92.8 cm³/mol. The molecular weight excluding hydrogens is 355 g/mol. The van der Waals surface area contributed by atoms with E-state index in [-0.39, 0.29) is 29.7 Å². The number of halogens is 1. The summed E-state index contributed by atoms with van der Waals surface area (Å²) in [6.45, 7) is 2.77. The van der Waals surface area contributed by atoms with Crippen molar-refractivity contribution in [2.75, 3.05) is 38.1 Å². The molecule has 1 unspecified atom stereocenters. The van der Waals surface area contributed by atoms with Crippen LogP contribution in [0.5, 0.6) is 0 Å². The van der Waals surface area contributed by atoms with Gasteiger partial charge in [-0.15, -0.1) is 0 Å². The third-order valence-corrected chi connectivity index (χ3v) is 5.35. The first-order valence-corrected chi connectivity index (χ1v) is 8.85. The maximum absolute atomic E-state index is 14.7. The van der Waals surface area contributed by atoms with Crippen molar-refractivity contribution in [1.29, 1.82) is 0 Å². The number of amides is 4. The van der Waals surface area contributed by atoms with Crippen molar-refractivity contribution in [3.05, 3.63) is 29.1 Å². The van der Waals surface area contributed by atoms with E-state index >= 15 is 0 Å². The number of benzene rings is 1. The van der Waals surface area contributed by atoms with Crippen molar-refractivity contribution >= 4 is 29.3 Å². The lowest BCUT2D eigenvalue weighted by atomic mass is 10.0. The number of hydrogen-bond donors (Lipinski definition) is 1. The highest BCUT2D eigenvalue weighted by atomic mass is 19.1. The topological polar surface area (TPSA) is 90.0 Å². The highest BCUT2D eigenvalue weighted by Gasteiger charge is 2.45. The highest BCUT2D eigenvalue weighted by Crippen LogP contribution is 2.32. The zero-order chi connectivity index (χ0) is 19.3. The van der Waals surface area contributed by atoms with E-state index < -0.39 is 35.5 Å². The number of imide groups is 2. The van der Waals surface area contributed by atoms with Crippen LogP contribution in [-0.2, 0) is 9.59 Å². The lowest BCUT2D eigenvalue weighted by Gasteiger charge is -2.34. The molecule has 0 aromatic heterocycles. The molecule has 4 amide bonds. The number of likely N-dealkylation sites (N-methyl/N-ethyl adjacent to an activating group) is 1. The summed E-state index contributed by atoms with van der Waals surface area (Å²) in [5, 5.41) is 2.14. The molecule has 8 nitrogen and oxygen atoms in total. The van der Waals surface area contributed by atoms with E-state index in [1.165, 1.54) is 6.07 Å². The number of nitrogens with zero attached hydrogens (tertiary/aromatic N) is 3. The standard InChI is InChI=1S/C18H19FN4O4/c1-21-4-6-22(7-5-21)14-9-11-10(8-12(14)19)17(26)23(18(11)27)13-2-3-15(24)20-16(13)25/h8-9,13H,2-7H2,1H3,(H,20,24,25). The van der Waals surface area contributed by atoms with Crippen molar-refractivity contribution in [2.24, 2.45) is 0 Å². The lowest BCUT2D eigenvalue weighted by molar-refractivity contribution is -0.136. The summed E-state index contributed by atoms with van der Waals surface area (Å²) in [5.74, 6) is -3.01. The Morgan fingerprint density at radius 2 is 1.63 bits per heavy atom. The van der Waals surface area contributed by atoms with Crippen LogP contribution >= 0.6 is 0 Å². The number of hydrogen-bond acceptors (Lipinski definition) is 6. The van der Waals surface area contributed by atoms with Crippen LogP contribution in [0.1, 0.15) is 33.6 Å². The molecule has 2 saturated heterocycles. The minimum absolute atomic E-state index is 0.0416. The Morgan fingerprint density at radius 3 is 2.26 bits per heavy atom. The van der Waals surface area contributed by atoms with Crippen LogP contribution in [0.25, 0.3) is 0 Å². The molecule has 2 fully saturated rings. The first kappa shape index (κ1) is 17.6. The van der Waals surface area contributed by atoms with Gasteiger partial charge < -0.3 is 9.80 Å². The van der Waals surface area contributed by atoms with Crippen molar-refractivity contribution in [2.45, 2.75) is 18.9 Å². The van der Waals surface area contributed by atoms with Crippen LogP contribution in [0, 0.1) is 5.82 Å². The largest absolute Gasteiger partial charge is 0.367 e. The Bertz CT molecular complexity index is 863. The van der Waals surface area contributed by atoms with Gasteiger partial charge in [-0.05, 0) is 25.6 Å². The monoisotopic (exact) mass is 374 g/mol. The molecule has 3 heterocycles. The summed E-state index contributed by atoms with van der Waals surface area (Å²) in [6.07, 6.45) is 0.120. The van der Waals surface area contributed by atoms with Crippen molar-refractivity contribution in [1.82, 2.24) is 15.1 Å². The van der Waals surface area contributed by atoms with Gasteiger partial charge in [0.25, 0.3) is 11.8 Å². The SMILES string of the molecule is CN1CCN(c2cc3c(cc2F)C(=O)N(C2CCC(=O)NC2=O)C3=O)CC1. The molecule has 0 aliphatic carbocycles. The third kappa shape index (κ3) is 2.87. The number of nitrogens with one attached hydrogen (secondary N) is 1. The molecule has 0 spiro atoms. The fraction of sp³-hybridized carbons (Fsp3) is 0.444. The van der Waals surface area contributed by atoms with E-state index in [1.807, 2.05) is 11.9 Å². The smallest absolute Gasteiger partial charge is 0.262 e. The van der Waals surface area contributed by atoms with Crippen LogP contribution < -0.4 is 10.2 Å². The van der Waals surface area contributed by atoms with Crippen LogP contribution in [0.15, 0.2) is 12.1 Å². The molecule has 0 saturated carbocycles. The normalized spacial score (nSPS) is 23.7. The molecule has 3 aliphatic heterocycles. The summed E-state index contributed by atoms with van der Waals surface area (Å²) in [7, 11) is 1.98. The van der Waals surface area contributed by atoms with Gasteiger partial charge in [-0.1, -0.05) is 0 Å². The third-order valence-electron chi connectivity index (χ3n) is 5.35. The van der Waals surface area contributed by atoms with Gasteiger partial charge in [0.1, 0.15) is 11.9 Å². The first-order chi connectivity index (χ1) is 12.9. The number of piperazine rings is 1. The maximum atomic E-state index is 14.7. The molecule has 9 heteroatoms. The summed E-state index contributed by atoms with van der Waals surface area (Å²) in [5.41, 5.74) is 0.341. The molecule has 4 rings (SSSR count). The zero-order valence-electron chi connectivity index (χ0n) is 14.8. The number of fused-ring (bicyclic) bond motifs is 1. The molecule has 27 heavy (non-hydrogen) atoms. The predicted octanol–water partition coefficient (Wildman–Crippen LogP) is -0.0213. The average Bonchev–Trinajstić information content (AvgIpc) is 2.86. The highest BCUT2D eigenvalue weighted by molar-refractivity contribution is 6.23. The Hall–Kier alpha value is -2.81. The van der Waals surface area contributed by atoms with Gasteiger partial charge >= 0.3 is 0 Å². The first-order valence-electron chi connectivity index (χ1n) is 8.85. The van der Waals surface area contributed by atoms with Crippen molar-refractivity contribution < 1.29 is 23.6 Å². The minimum Gasteiger partial charge on any atom is -0.367 e. The molecule has 0 bridgehead atoms. The number of carbonyl (C=O) groups is 4. The van der Waals surface area contributed by atoms with Gasteiger partial charge in [0.2, 0.25) is 11.8 Å². The van der Waals surface area contributed by atoms with E-state index in [9.17, 15) is 23.6 Å². The van der Waals surface area contributed by atoms with E-state index in [0.29, 0.717) is 13.1 Å². The van der Waals surface area contributed by atoms with E-state index in [1.54, 1.807) is 0 Å². The van der Waals surface area contributed by atoms with E-state index in [4.69, 9.17) is 0 Å².